The maximum Gasteiger partial charge on any atom is 0.191 e. The number of aliphatic imine (C=N–C) groups is 1. The minimum Gasteiger partial charge on any atom is -0.352 e. The number of aryl methyl sites for hydroxylation is 2. The maximum absolute atomic E-state index is 4.58. The Hall–Kier alpha value is -1.92. The third kappa shape index (κ3) is 6.31. The third-order valence-corrected chi connectivity index (χ3v) is 6.33. The highest BCUT2D eigenvalue weighted by Gasteiger charge is 2.10. The summed E-state index contributed by atoms with van der Waals surface area (Å²) in [5.74, 6) is 0.809. The van der Waals surface area contributed by atoms with E-state index in [1.807, 2.05) is 7.05 Å². The molecule has 1 aromatic carbocycles. The lowest BCUT2D eigenvalue weighted by atomic mass is 10.1. The summed E-state index contributed by atoms with van der Waals surface area (Å²) in [5, 5.41) is 7.88. The van der Waals surface area contributed by atoms with Gasteiger partial charge in [0.2, 0.25) is 0 Å². The Kier molecular flexibility index (Phi) is 7.86. The van der Waals surface area contributed by atoms with Crippen molar-refractivity contribution in [1.82, 2.24) is 20.5 Å². The Labute approximate surface area is 173 Å². The van der Waals surface area contributed by atoms with Gasteiger partial charge in [-0.3, -0.25) is 9.89 Å². The summed E-state index contributed by atoms with van der Waals surface area (Å²) < 4.78 is 0. The van der Waals surface area contributed by atoms with Gasteiger partial charge in [0, 0.05) is 25.0 Å². The van der Waals surface area contributed by atoms with Crippen LogP contribution in [0.1, 0.15) is 52.4 Å². The van der Waals surface area contributed by atoms with E-state index in [0.29, 0.717) is 6.54 Å². The molecule has 28 heavy (non-hydrogen) atoms. The van der Waals surface area contributed by atoms with Gasteiger partial charge in [0.25, 0.3) is 0 Å². The molecule has 2 heterocycles. The number of aromatic nitrogens is 1. The van der Waals surface area contributed by atoms with E-state index in [-0.39, 0.29) is 0 Å². The van der Waals surface area contributed by atoms with Crippen LogP contribution in [0.5, 0.6) is 0 Å². The van der Waals surface area contributed by atoms with Crippen molar-refractivity contribution >= 4 is 17.3 Å². The van der Waals surface area contributed by atoms with Gasteiger partial charge >= 0.3 is 0 Å². The number of nitrogens with zero attached hydrogens (tertiary/aromatic N) is 3. The molecule has 3 rings (SSSR count). The third-order valence-electron chi connectivity index (χ3n) is 5.26. The van der Waals surface area contributed by atoms with E-state index < -0.39 is 0 Å². The van der Waals surface area contributed by atoms with E-state index in [4.69, 9.17) is 0 Å². The van der Waals surface area contributed by atoms with Gasteiger partial charge in [0.05, 0.1) is 12.2 Å². The average molecular weight is 400 g/mol. The quantitative estimate of drug-likeness (QED) is 0.569. The van der Waals surface area contributed by atoms with Crippen molar-refractivity contribution in [2.24, 2.45) is 4.99 Å². The van der Waals surface area contributed by atoms with Crippen molar-refractivity contribution < 1.29 is 0 Å². The Morgan fingerprint density at radius 1 is 1.07 bits per heavy atom. The SMILES string of the molecule is CN=C(NCc1cccc(CN2CCCCCC2)c1)NCc1nc(C)c(C)s1. The van der Waals surface area contributed by atoms with Crippen molar-refractivity contribution in [3.63, 3.8) is 0 Å². The van der Waals surface area contributed by atoms with Crippen LogP contribution >= 0.6 is 11.3 Å². The van der Waals surface area contributed by atoms with Crippen LogP contribution in [0.25, 0.3) is 0 Å². The Morgan fingerprint density at radius 3 is 2.46 bits per heavy atom. The van der Waals surface area contributed by atoms with Gasteiger partial charge in [-0.25, -0.2) is 4.98 Å². The van der Waals surface area contributed by atoms with E-state index in [9.17, 15) is 0 Å². The number of benzene rings is 1. The van der Waals surface area contributed by atoms with E-state index in [1.165, 1.54) is 54.8 Å². The first-order valence-corrected chi connectivity index (χ1v) is 11.1. The van der Waals surface area contributed by atoms with E-state index in [1.54, 1.807) is 11.3 Å². The fraction of sp³-hybridized carbons (Fsp3) is 0.545. The first-order valence-electron chi connectivity index (χ1n) is 10.3. The lowest BCUT2D eigenvalue weighted by molar-refractivity contribution is 0.277. The van der Waals surface area contributed by atoms with Crippen molar-refractivity contribution in [3.8, 4) is 0 Å². The average Bonchev–Trinajstić information content (AvgIpc) is 2.87. The lowest BCUT2D eigenvalue weighted by Gasteiger charge is -2.20. The second-order valence-corrected chi connectivity index (χ2v) is 8.83. The van der Waals surface area contributed by atoms with Gasteiger partial charge in [-0.15, -0.1) is 11.3 Å². The number of hydrogen-bond donors (Lipinski definition) is 2. The van der Waals surface area contributed by atoms with Crippen LogP contribution in [0, 0.1) is 13.8 Å². The van der Waals surface area contributed by atoms with Gasteiger partial charge < -0.3 is 10.6 Å². The summed E-state index contributed by atoms with van der Waals surface area (Å²) in [4.78, 5) is 12.8. The Balaban J connectivity index is 1.49. The predicted octanol–water partition coefficient (Wildman–Crippen LogP) is 4.00. The number of thiazole rings is 1. The molecule has 1 saturated heterocycles. The topological polar surface area (TPSA) is 52.6 Å². The van der Waals surface area contributed by atoms with Crippen molar-refractivity contribution in [3.05, 3.63) is 51.0 Å². The molecule has 1 aliphatic heterocycles. The molecule has 1 aliphatic rings. The van der Waals surface area contributed by atoms with Crippen molar-refractivity contribution in [1.29, 1.82) is 0 Å². The number of hydrogen-bond acceptors (Lipinski definition) is 4. The molecule has 152 valence electrons. The highest BCUT2D eigenvalue weighted by molar-refractivity contribution is 7.11. The fourth-order valence-electron chi connectivity index (χ4n) is 3.57. The zero-order valence-corrected chi connectivity index (χ0v) is 18.2. The van der Waals surface area contributed by atoms with Crippen LogP contribution in [-0.4, -0.2) is 36.0 Å². The molecule has 0 bridgehead atoms. The summed E-state index contributed by atoms with van der Waals surface area (Å²) in [5.41, 5.74) is 3.81. The fourth-order valence-corrected chi connectivity index (χ4v) is 4.44. The molecule has 0 amide bonds. The van der Waals surface area contributed by atoms with Gasteiger partial charge in [-0.05, 0) is 50.9 Å². The molecule has 0 aliphatic carbocycles. The first-order chi connectivity index (χ1) is 13.6. The molecule has 6 heteroatoms. The second kappa shape index (κ2) is 10.6. The van der Waals surface area contributed by atoms with Crippen molar-refractivity contribution in [2.75, 3.05) is 20.1 Å². The van der Waals surface area contributed by atoms with Crippen LogP contribution < -0.4 is 10.6 Å². The molecule has 0 radical (unpaired) electrons. The smallest absolute Gasteiger partial charge is 0.191 e. The van der Waals surface area contributed by atoms with Crippen molar-refractivity contribution in [2.45, 2.75) is 59.2 Å². The summed E-state index contributed by atoms with van der Waals surface area (Å²) in [6.07, 6.45) is 5.43. The number of guanidine groups is 1. The molecule has 0 unspecified atom stereocenters. The second-order valence-electron chi connectivity index (χ2n) is 7.54. The molecule has 2 aromatic rings. The molecule has 0 atom stereocenters. The molecule has 1 fully saturated rings. The number of likely N-dealkylation sites (tertiary alicyclic amines) is 1. The van der Waals surface area contributed by atoms with Gasteiger partial charge in [-0.2, -0.15) is 0 Å². The lowest BCUT2D eigenvalue weighted by Crippen LogP contribution is -2.36. The number of rotatable bonds is 6. The van der Waals surface area contributed by atoms with Crippen LogP contribution in [0.2, 0.25) is 0 Å². The van der Waals surface area contributed by atoms with E-state index >= 15 is 0 Å². The van der Waals surface area contributed by atoms with E-state index in [2.05, 4.69) is 63.6 Å². The van der Waals surface area contributed by atoms with Crippen LogP contribution in [0.3, 0.4) is 0 Å². The molecule has 0 spiro atoms. The molecule has 2 N–H and O–H groups in total. The largest absolute Gasteiger partial charge is 0.352 e. The molecule has 1 aromatic heterocycles. The molecular weight excluding hydrogens is 366 g/mol. The van der Waals surface area contributed by atoms with Gasteiger partial charge in [0.15, 0.2) is 5.96 Å². The Morgan fingerprint density at radius 2 is 1.79 bits per heavy atom. The zero-order valence-electron chi connectivity index (χ0n) is 17.4. The van der Waals surface area contributed by atoms with Crippen LogP contribution in [-0.2, 0) is 19.6 Å². The first kappa shape index (κ1) is 20.8. The number of nitrogens with one attached hydrogen (secondary N) is 2. The minimum absolute atomic E-state index is 0.702. The molecule has 0 saturated carbocycles. The van der Waals surface area contributed by atoms with Gasteiger partial charge in [-0.1, -0.05) is 37.1 Å². The van der Waals surface area contributed by atoms with Gasteiger partial charge in [0.1, 0.15) is 5.01 Å². The van der Waals surface area contributed by atoms with Crippen LogP contribution in [0.15, 0.2) is 29.3 Å². The van der Waals surface area contributed by atoms with E-state index in [0.717, 1.165) is 29.8 Å². The highest BCUT2D eigenvalue weighted by atomic mass is 32.1. The highest BCUT2D eigenvalue weighted by Crippen LogP contribution is 2.16. The summed E-state index contributed by atoms with van der Waals surface area (Å²) in [6.45, 7) is 9.16. The predicted molar refractivity (Wildman–Crippen MR) is 119 cm³/mol. The standard InChI is InChI=1S/C22H33N5S/c1-17-18(2)28-21(26-17)15-25-22(23-3)24-14-19-9-8-10-20(13-19)16-27-11-6-4-5-7-12-27/h8-10,13H,4-7,11-12,14-16H2,1-3H3,(H2,23,24,25). The maximum atomic E-state index is 4.58. The molecule has 5 nitrogen and oxygen atoms in total. The zero-order chi connectivity index (χ0) is 19.8. The Bertz CT molecular complexity index is 755. The molecular formula is C22H33N5S. The summed E-state index contributed by atoms with van der Waals surface area (Å²) in [7, 11) is 1.81. The summed E-state index contributed by atoms with van der Waals surface area (Å²) >= 11 is 1.74. The normalized spacial score (nSPS) is 16.0. The minimum atomic E-state index is 0.702. The monoisotopic (exact) mass is 399 g/mol. The van der Waals surface area contributed by atoms with Crippen LogP contribution in [0.4, 0.5) is 0 Å². The summed E-state index contributed by atoms with van der Waals surface area (Å²) in [6, 6.07) is 8.91.